The lowest BCUT2D eigenvalue weighted by molar-refractivity contribution is -0.113. The summed E-state index contributed by atoms with van der Waals surface area (Å²) in [4.78, 5) is 19.9. The number of hydrogen-bond donors (Lipinski definition) is 2. The summed E-state index contributed by atoms with van der Waals surface area (Å²) in [5.74, 6) is -0.0939. The van der Waals surface area contributed by atoms with Gasteiger partial charge >= 0.3 is 0 Å². The molecule has 0 aliphatic rings. The molecule has 1 amide bonds. The average molecular weight is 335 g/mol. The normalized spacial score (nSPS) is 10.6. The van der Waals surface area contributed by atoms with E-state index in [0.717, 1.165) is 11.8 Å². The summed E-state index contributed by atoms with van der Waals surface area (Å²) in [6.45, 7) is 0. The first kappa shape index (κ1) is 14.7. The first-order valence-electron chi connectivity index (χ1n) is 6.22. The molecule has 0 spiro atoms. The zero-order chi connectivity index (χ0) is 15.4. The zero-order valence-corrected chi connectivity index (χ0v) is 12.7. The van der Waals surface area contributed by atoms with Crippen LogP contribution < -0.4 is 5.32 Å². The van der Waals surface area contributed by atoms with E-state index in [2.05, 4.69) is 25.5 Å². The average Bonchev–Trinajstić information content (AvgIpc) is 3.17. The van der Waals surface area contributed by atoms with E-state index in [-0.39, 0.29) is 17.5 Å². The lowest BCUT2D eigenvalue weighted by atomic mass is 10.2. The minimum Gasteiger partial charge on any atom is -0.301 e. The molecule has 2 aromatic heterocycles. The van der Waals surface area contributed by atoms with Crippen LogP contribution in [-0.4, -0.2) is 31.8 Å². The van der Waals surface area contributed by atoms with Gasteiger partial charge in [-0.2, -0.15) is 0 Å². The van der Waals surface area contributed by atoms with Gasteiger partial charge in [-0.15, -0.1) is 16.4 Å². The number of anilines is 1. The molecule has 6 nitrogen and oxygen atoms in total. The van der Waals surface area contributed by atoms with Crippen LogP contribution in [0.25, 0.3) is 11.4 Å². The maximum atomic E-state index is 13.6. The Balaban J connectivity index is 1.60. The second kappa shape index (κ2) is 6.67. The number of nitrogens with one attached hydrogen (secondary N) is 2. The summed E-state index contributed by atoms with van der Waals surface area (Å²) in [5, 5.41) is 12.0. The Morgan fingerprint density at radius 3 is 3.05 bits per heavy atom. The molecular weight excluding hydrogens is 325 g/mol. The van der Waals surface area contributed by atoms with E-state index in [1.165, 1.54) is 17.4 Å². The zero-order valence-electron chi connectivity index (χ0n) is 11.1. The third-order valence-electron chi connectivity index (χ3n) is 2.60. The van der Waals surface area contributed by atoms with Gasteiger partial charge in [0.15, 0.2) is 11.0 Å². The Labute approximate surface area is 133 Å². The molecule has 0 saturated carbocycles. The fraction of sp³-hybridized carbons (Fsp3) is 0.0769. The van der Waals surface area contributed by atoms with E-state index in [1.807, 2.05) is 0 Å². The number of rotatable bonds is 5. The van der Waals surface area contributed by atoms with Crippen molar-refractivity contribution in [1.29, 1.82) is 0 Å². The molecule has 9 heteroatoms. The van der Waals surface area contributed by atoms with Crippen LogP contribution in [0.3, 0.4) is 0 Å². The van der Waals surface area contributed by atoms with Crippen molar-refractivity contribution in [3.8, 4) is 11.4 Å². The van der Waals surface area contributed by atoms with Crippen molar-refractivity contribution in [3.05, 3.63) is 41.7 Å². The molecule has 112 valence electrons. The molecule has 0 fully saturated rings. The summed E-state index contributed by atoms with van der Waals surface area (Å²) in [6.07, 6.45) is 1.61. The lowest BCUT2D eigenvalue weighted by Gasteiger charge is -1.99. The van der Waals surface area contributed by atoms with E-state index in [9.17, 15) is 9.18 Å². The second-order valence-electron chi connectivity index (χ2n) is 4.12. The number of thiazole rings is 1. The van der Waals surface area contributed by atoms with Crippen molar-refractivity contribution >= 4 is 34.1 Å². The van der Waals surface area contributed by atoms with Crippen LogP contribution in [-0.2, 0) is 4.79 Å². The molecule has 1 aromatic carbocycles. The Kier molecular flexibility index (Phi) is 4.45. The molecular formula is C13H10FN5OS2. The SMILES string of the molecule is O=C(CSc1n[nH]c(-c2ccccc2F)n1)Nc1nccs1. The van der Waals surface area contributed by atoms with E-state index >= 15 is 0 Å². The molecule has 0 saturated heterocycles. The standard InChI is InChI=1S/C13H10FN5OS2/c14-9-4-2-1-3-8(9)11-17-13(19-18-11)22-7-10(20)16-12-15-5-6-21-12/h1-6H,7H2,(H,15,16,20)(H,17,18,19). The number of nitrogens with zero attached hydrogens (tertiary/aromatic N) is 3. The molecule has 0 aliphatic heterocycles. The number of H-pyrrole nitrogens is 1. The van der Waals surface area contributed by atoms with Crippen molar-refractivity contribution in [2.75, 3.05) is 11.1 Å². The van der Waals surface area contributed by atoms with Crippen molar-refractivity contribution in [2.24, 2.45) is 0 Å². The smallest absolute Gasteiger partial charge is 0.236 e. The number of carbonyl (C=O) groups is 1. The van der Waals surface area contributed by atoms with Gasteiger partial charge in [0.1, 0.15) is 5.82 Å². The molecule has 2 heterocycles. The second-order valence-corrected chi connectivity index (χ2v) is 5.96. The molecule has 0 atom stereocenters. The molecule has 0 unspecified atom stereocenters. The third kappa shape index (κ3) is 3.49. The number of benzene rings is 1. The fourth-order valence-corrected chi connectivity index (χ4v) is 2.80. The number of amides is 1. The van der Waals surface area contributed by atoms with Crippen LogP contribution in [0.15, 0.2) is 41.0 Å². The summed E-state index contributed by atoms with van der Waals surface area (Å²) in [7, 11) is 0. The van der Waals surface area contributed by atoms with Gasteiger partial charge in [-0.1, -0.05) is 23.9 Å². The van der Waals surface area contributed by atoms with Crippen molar-refractivity contribution in [3.63, 3.8) is 0 Å². The van der Waals surface area contributed by atoms with Crippen molar-refractivity contribution in [1.82, 2.24) is 20.2 Å². The predicted molar refractivity (Wildman–Crippen MR) is 83.2 cm³/mol. The Bertz CT molecular complexity index is 774. The van der Waals surface area contributed by atoms with Crippen LogP contribution in [0.5, 0.6) is 0 Å². The first-order chi connectivity index (χ1) is 10.7. The highest BCUT2D eigenvalue weighted by Gasteiger charge is 2.12. The lowest BCUT2D eigenvalue weighted by Crippen LogP contribution is -2.13. The summed E-state index contributed by atoms with van der Waals surface area (Å²) in [5.41, 5.74) is 0.342. The van der Waals surface area contributed by atoms with Crippen molar-refractivity contribution in [2.45, 2.75) is 5.16 Å². The van der Waals surface area contributed by atoms with E-state index in [4.69, 9.17) is 0 Å². The summed E-state index contributed by atoms with van der Waals surface area (Å²) in [6, 6.07) is 6.29. The van der Waals surface area contributed by atoms with Gasteiger partial charge in [-0.05, 0) is 12.1 Å². The molecule has 0 aliphatic carbocycles. The highest BCUT2D eigenvalue weighted by Crippen LogP contribution is 2.21. The predicted octanol–water partition coefficient (Wildman–Crippen LogP) is 2.80. The van der Waals surface area contributed by atoms with E-state index in [0.29, 0.717) is 21.7 Å². The maximum absolute atomic E-state index is 13.6. The van der Waals surface area contributed by atoms with Gasteiger partial charge in [-0.25, -0.2) is 14.4 Å². The summed E-state index contributed by atoms with van der Waals surface area (Å²) < 4.78 is 13.6. The highest BCUT2D eigenvalue weighted by atomic mass is 32.2. The molecule has 3 aromatic rings. The minimum absolute atomic E-state index is 0.147. The van der Waals surface area contributed by atoms with Crippen LogP contribution in [0.2, 0.25) is 0 Å². The van der Waals surface area contributed by atoms with Crippen LogP contribution >= 0.6 is 23.1 Å². The molecule has 3 rings (SSSR count). The molecule has 0 radical (unpaired) electrons. The Morgan fingerprint density at radius 1 is 1.41 bits per heavy atom. The van der Waals surface area contributed by atoms with Crippen molar-refractivity contribution < 1.29 is 9.18 Å². The highest BCUT2D eigenvalue weighted by molar-refractivity contribution is 7.99. The quantitative estimate of drug-likeness (QED) is 0.701. The summed E-state index contributed by atoms with van der Waals surface area (Å²) >= 11 is 2.51. The van der Waals surface area contributed by atoms with Crippen LogP contribution in [0.4, 0.5) is 9.52 Å². The number of thioether (sulfide) groups is 1. The topological polar surface area (TPSA) is 83.6 Å². The monoisotopic (exact) mass is 335 g/mol. The molecule has 22 heavy (non-hydrogen) atoms. The number of aromatic nitrogens is 4. The van der Waals surface area contributed by atoms with Gasteiger partial charge < -0.3 is 5.32 Å². The van der Waals surface area contributed by atoms with Gasteiger partial charge in [0, 0.05) is 11.6 Å². The number of carbonyl (C=O) groups excluding carboxylic acids is 1. The Hall–Kier alpha value is -2.26. The van der Waals surface area contributed by atoms with Gasteiger partial charge in [0.05, 0.1) is 11.3 Å². The van der Waals surface area contributed by atoms with Gasteiger partial charge in [0.2, 0.25) is 11.1 Å². The van der Waals surface area contributed by atoms with Gasteiger partial charge in [0.25, 0.3) is 0 Å². The number of aromatic amines is 1. The first-order valence-corrected chi connectivity index (χ1v) is 8.08. The van der Waals surface area contributed by atoms with Gasteiger partial charge in [-0.3, -0.25) is 9.89 Å². The minimum atomic E-state index is -0.378. The van der Waals surface area contributed by atoms with Crippen LogP contribution in [0.1, 0.15) is 0 Å². The largest absolute Gasteiger partial charge is 0.301 e. The van der Waals surface area contributed by atoms with E-state index in [1.54, 1.807) is 29.8 Å². The Morgan fingerprint density at radius 2 is 2.27 bits per heavy atom. The molecule has 2 N–H and O–H groups in total. The fourth-order valence-electron chi connectivity index (χ4n) is 1.66. The number of halogens is 1. The van der Waals surface area contributed by atoms with E-state index < -0.39 is 0 Å². The number of hydrogen-bond acceptors (Lipinski definition) is 6. The van der Waals surface area contributed by atoms with Crippen LogP contribution in [0, 0.1) is 5.82 Å². The molecule has 0 bridgehead atoms. The maximum Gasteiger partial charge on any atom is 0.236 e. The third-order valence-corrected chi connectivity index (χ3v) is 4.14.